The van der Waals surface area contributed by atoms with E-state index in [2.05, 4.69) is 25.4 Å². The number of aromatic nitrogens is 4. The fourth-order valence-corrected chi connectivity index (χ4v) is 2.69. The van der Waals surface area contributed by atoms with Gasteiger partial charge in [-0.25, -0.2) is 4.98 Å². The highest BCUT2D eigenvalue weighted by Crippen LogP contribution is 2.26. The molecule has 0 aliphatic carbocycles. The molecule has 2 aromatic rings. The lowest BCUT2D eigenvalue weighted by molar-refractivity contribution is 0.612. The maximum atomic E-state index is 4.51. The first kappa shape index (κ1) is 11.4. The molecule has 0 amide bonds. The third-order valence-corrected chi connectivity index (χ3v) is 3.57. The van der Waals surface area contributed by atoms with Gasteiger partial charge in [0.15, 0.2) is 5.82 Å². The first-order valence-electron chi connectivity index (χ1n) is 6.39. The van der Waals surface area contributed by atoms with Gasteiger partial charge in [-0.2, -0.15) is 0 Å². The van der Waals surface area contributed by atoms with Crippen LogP contribution in [0.5, 0.6) is 0 Å². The maximum absolute atomic E-state index is 4.51. The van der Waals surface area contributed by atoms with Gasteiger partial charge in [0.1, 0.15) is 5.82 Å². The van der Waals surface area contributed by atoms with Crippen LogP contribution >= 0.6 is 0 Å². The third-order valence-electron chi connectivity index (χ3n) is 3.57. The highest BCUT2D eigenvalue weighted by molar-refractivity contribution is 5.64. The van der Waals surface area contributed by atoms with Gasteiger partial charge in [0.05, 0.1) is 0 Å². The van der Waals surface area contributed by atoms with E-state index < -0.39 is 0 Å². The number of nitrogens with one attached hydrogen (secondary N) is 1. The fourth-order valence-electron chi connectivity index (χ4n) is 2.69. The summed E-state index contributed by atoms with van der Waals surface area (Å²) in [6.07, 6.45) is 6.16. The molecular weight excluding hydrogens is 228 g/mol. The van der Waals surface area contributed by atoms with Crippen LogP contribution in [-0.2, 0) is 0 Å². The van der Waals surface area contributed by atoms with Gasteiger partial charge in [0, 0.05) is 31.5 Å². The Morgan fingerprint density at radius 1 is 1.44 bits per heavy atom. The Morgan fingerprint density at radius 3 is 3.17 bits per heavy atom. The molecule has 1 N–H and O–H groups in total. The molecule has 0 radical (unpaired) electrons. The van der Waals surface area contributed by atoms with Crippen molar-refractivity contribution in [1.82, 2.24) is 24.9 Å². The monoisotopic (exact) mass is 246 g/mol. The topological polar surface area (TPSA) is 58.4 Å². The molecule has 6 heteroatoms. The van der Waals surface area contributed by atoms with Crippen LogP contribution in [0.4, 0.5) is 5.82 Å². The van der Waals surface area contributed by atoms with E-state index in [-0.39, 0.29) is 0 Å². The van der Waals surface area contributed by atoms with Gasteiger partial charge in [0.2, 0.25) is 5.65 Å². The standard InChI is InChI=1S/C12H18N6/c1-9-15-16-12-11(14-5-7-17(9)12)18-6-3-4-10(18)8-13-2/h5,7,10,13H,3-4,6,8H2,1-2H3. The smallest absolute Gasteiger partial charge is 0.203 e. The van der Waals surface area contributed by atoms with Crippen molar-refractivity contribution < 1.29 is 0 Å². The van der Waals surface area contributed by atoms with Crippen LogP contribution in [0.1, 0.15) is 18.7 Å². The van der Waals surface area contributed by atoms with Crippen molar-refractivity contribution in [3.05, 3.63) is 18.2 Å². The second-order valence-corrected chi connectivity index (χ2v) is 4.74. The van der Waals surface area contributed by atoms with Gasteiger partial charge in [-0.15, -0.1) is 10.2 Å². The van der Waals surface area contributed by atoms with E-state index in [0.29, 0.717) is 6.04 Å². The Morgan fingerprint density at radius 2 is 2.33 bits per heavy atom. The first-order chi connectivity index (χ1) is 8.81. The molecular formula is C12H18N6. The summed E-state index contributed by atoms with van der Waals surface area (Å²) in [5, 5.41) is 11.6. The summed E-state index contributed by atoms with van der Waals surface area (Å²) in [6, 6.07) is 0.505. The van der Waals surface area contributed by atoms with E-state index in [0.717, 1.165) is 30.4 Å². The SMILES string of the molecule is CNCC1CCCN1c1nccn2c(C)nnc12. The van der Waals surface area contributed by atoms with E-state index in [1.165, 1.54) is 12.8 Å². The van der Waals surface area contributed by atoms with Gasteiger partial charge in [-0.05, 0) is 26.8 Å². The van der Waals surface area contributed by atoms with Crippen molar-refractivity contribution in [2.24, 2.45) is 0 Å². The van der Waals surface area contributed by atoms with Gasteiger partial charge in [0.25, 0.3) is 0 Å². The molecule has 6 nitrogen and oxygen atoms in total. The Labute approximate surface area is 106 Å². The minimum absolute atomic E-state index is 0.505. The molecule has 1 atom stereocenters. The Hall–Kier alpha value is -1.69. The average molecular weight is 246 g/mol. The van der Waals surface area contributed by atoms with Gasteiger partial charge in [-0.1, -0.05) is 0 Å². The Kier molecular flexibility index (Phi) is 2.87. The number of fused-ring (bicyclic) bond motifs is 1. The second-order valence-electron chi connectivity index (χ2n) is 4.74. The molecule has 2 aromatic heterocycles. The quantitative estimate of drug-likeness (QED) is 0.860. The Balaban J connectivity index is 2.03. The molecule has 0 bridgehead atoms. The van der Waals surface area contributed by atoms with E-state index in [1.54, 1.807) is 0 Å². The molecule has 0 aromatic carbocycles. The molecule has 1 fully saturated rings. The van der Waals surface area contributed by atoms with Crippen molar-refractivity contribution in [2.45, 2.75) is 25.8 Å². The number of anilines is 1. The molecule has 0 saturated carbocycles. The number of hydrogen-bond donors (Lipinski definition) is 1. The third kappa shape index (κ3) is 1.73. The maximum Gasteiger partial charge on any atom is 0.203 e. The van der Waals surface area contributed by atoms with E-state index >= 15 is 0 Å². The first-order valence-corrected chi connectivity index (χ1v) is 6.39. The summed E-state index contributed by atoms with van der Waals surface area (Å²) in [7, 11) is 1.99. The zero-order chi connectivity index (χ0) is 12.5. The van der Waals surface area contributed by atoms with E-state index in [4.69, 9.17) is 0 Å². The summed E-state index contributed by atoms with van der Waals surface area (Å²) in [6.45, 7) is 3.99. The van der Waals surface area contributed by atoms with Crippen LogP contribution in [0, 0.1) is 6.92 Å². The fraction of sp³-hybridized carbons (Fsp3) is 0.583. The van der Waals surface area contributed by atoms with Crippen LogP contribution in [0.3, 0.4) is 0 Å². The summed E-state index contributed by atoms with van der Waals surface area (Å²) in [4.78, 5) is 6.86. The number of rotatable bonds is 3. The van der Waals surface area contributed by atoms with E-state index in [1.807, 2.05) is 30.8 Å². The van der Waals surface area contributed by atoms with Gasteiger partial charge in [-0.3, -0.25) is 4.40 Å². The summed E-state index contributed by atoms with van der Waals surface area (Å²) < 4.78 is 2.00. The lowest BCUT2D eigenvalue weighted by Crippen LogP contribution is -2.37. The van der Waals surface area contributed by atoms with Gasteiger partial charge >= 0.3 is 0 Å². The van der Waals surface area contributed by atoms with Crippen LogP contribution in [0.25, 0.3) is 5.65 Å². The van der Waals surface area contributed by atoms with Crippen LogP contribution in [-0.4, -0.2) is 45.8 Å². The van der Waals surface area contributed by atoms with Crippen molar-refractivity contribution >= 4 is 11.5 Å². The number of nitrogens with zero attached hydrogens (tertiary/aromatic N) is 5. The largest absolute Gasteiger partial charge is 0.349 e. The minimum atomic E-state index is 0.505. The Bertz CT molecular complexity index is 548. The molecule has 3 heterocycles. The predicted molar refractivity (Wildman–Crippen MR) is 69.8 cm³/mol. The normalized spacial score (nSPS) is 19.9. The zero-order valence-corrected chi connectivity index (χ0v) is 10.8. The van der Waals surface area contributed by atoms with Crippen LogP contribution < -0.4 is 10.2 Å². The van der Waals surface area contributed by atoms with Crippen molar-refractivity contribution in [2.75, 3.05) is 25.0 Å². The highest BCUT2D eigenvalue weighted by Gasteiger charge is 2.27. The van der Waals surface area contributed by atoms with Crippen molar-refractivity contribution in [3.8, 4) is 0 Å². The van der Waals surface area contributed by atoms with Crippen LogP contribution in [0.15, 0.2) is 12.4 Å². The molecule has 1 aliphatic heterocycles. The molecule has 1 saturated heterocycles. The predicted octanol–water partition coefficient (Wildman–Crippen LogP) is 0.621. The minimum Gasteiger partial charge on any atom is -0.349 e. The number of likely N-dealkylation sites (N-methyl/N-ethyl adjacent to an activating group) is 1. The average Bonchev–Trinajstić information content (AvgIpc) is 2.98. The number of aryl methyl sites for hydroxylation is 1. The summed E-state index contributed by atoms with van der Waals surface area (Å²) in [5.41, 5.74) is 0.859. The number of hydrogen-bond acceptors (Lipinski definition) is 5. The molecule has 18 heavy (non-hydrogen) atoms. The molecule has 3 rings (SSSR count). The highest BCUT2D eigenvalue weighted by atomic mass is 15.3. The van der Waals surface area contributed by atoms with Crippen molar-refractivity contribution in [3.63, 3.8) is 0 Å². The molecule has 0 spiro atoms. The van der Waals surface area contributed by atoms with Crippen molar-refractivity contribution in [1.29, 1.82) is 0 Å². The second kappa shape index (κ2) is 4.53. The van der Waals surface area contributed by atoms with Gasteiger partial charge < -0.3 is 10.2 Å². The molecule has 1 unspecified atom stereocenters. The van der Waals surface area contributed by atoms with Crippen LogP contribution in [0.2, 0.25) is 0 Å². The zero-order valence-electron chi connectivity index (χ0n) is 10.8. The summed E-state index contributed by atoms with van der Waals surface area (Å²) >= 11 is 0. The summed E-state index contributed by atoms with van der Waals surface area (Å²) in [5.74, 6) is 1.86. The van der Waals surface area contributed by atoms with E-state index in [9.17, 15) is 0 Å². The molecule has 1 aliphatic rings. The molecule has 96 valence electrons. The lowest BCUT2D eigenvalue weighted by Gasteiger charge is -2.25. The lowest BCUT2D eigenvalue weighted by atomic mass is 10.2.